The summed E-state index contributed by atoms with van der Waals surface area (Å²) in [7, 11) is 1.20. The molecule has 142 valence electrons. The first kappa shape index (κ1) is 21.7. The summed E-state index contributed by atoms with van der Waals surface area (Å²) in [6.45, 7) is 2.90. The summed E-state index contributed by atoms with van der Waals surface area (Å²) >= 11 is 0. The van der Waals surface area contributed by atoms with Crippen molar-refractivity contribution in [3.05, 3.63) is 35.4 Å². The van der Waals surface area contributed by atoms with Crippen molar-refractivity contribution in [2.24, 2.45) is 0 Å². The molecular formula is C17H25ClF3N3O. The molecule has 0 bridgehead atoms. The van der Waals surface area contributed by atoms with Gasteiger partial charge in [0.1, 0.15) is 6.54 Å². The van der Waals surface area contributed by atoms with Crippen molar-refractivity contribution in [3.63, 3.8) is 0 Å². The van der Waals surface area contributed by atoms with Crippen molar-refractivity contribution < 1.29 is 18.0 Å². The van der Waals surface area contributed by atoms with Gasteiger partial charge in [0, 0.05) is 32.7 Å². The van der Waals surface area contributed by atoms with Crippen LogP contribution in [0.15, 0.2) is 24.3 Å². The van der Waals surface area contributed by atoms with Crippen LogP contribution < -0.4 is 5.32 Å². The number of alkyl halides is 3. The molecule has 1 amide bonds. The number of nitrogens with one attached hydrogen (secondary N) is 1. The Kier molecular flexibility index (Phi) is 8.18. The van der Waals surface area contributed by atoms with Crippen LogP contribution in [0.4, 0.5) is 13.2 Å². The number of piperazine rings is 1. The number of carbonyl (C=O) groups excluding carboxylic acids is 1. The predicted molar refractivity (Wildman–Crippen MR) is 93.9 cm³/mol. The van der Waals surface area contributed by atoms with Gasteiger partial charge in [-0.25, -0.2) is 0 Å². The number of halogens is 4. The zero-order valence-corrected chi connectivity index (χ0v) is 15.3. The number of benzene rings is 1. The highest BCUT2D eigenvalue weighted by atomic mass is 35.5. The average molecular weight is 380 g/mol. The molecule has 25 heavy (non-hydrogen) atoms. The summed E-state index contributed by atoms with van der Waals surface area (Å²) < 4.78 is 37.3. The molecule has 1 fully saturated rings. The number of aryl methyl sites for hydroxylation is 1. The van der Waals surface area contributed by atoms with Crippen LogP contribution in [0.5, 0.6) is 0 Å². The Morgan fingerprint density at radius 2 is 1.96 bits per heavy atom. The van der Waals surface area contributed by atoms with E-state index in [0.29, 0.717) is 13.1 Å². The first-order chi connectivity index (χ1) is 11.3. The van der Waals surface area contributed by atoms with E-state index in [2.05, 4.69) is 24.4 Å². The molecule has 1 aromatic rings. The van der Waals surface area contributed by atoms with E-state index in [1.807, 2.05) is 17.0 Å². The van der Waals surface area contributed by atoms with Gasteiger partial charge in [0.25, 0.3) is 0 Å². The minimum Gasteiger partial charge on any atom is -0.336 e. The number of likely N-dealkylation sites (N-methyl/N-ethyl adjacent to an activating group) is 1. The monoisotopic (exact) mass is 379 g/mol. The van der Waals surface area contributed by atoms with E-state index in [0.717, 1.165) is 23.4 Å². The molecule has 1 aliphatic rings. The number of nitrogens with zero attached hydrogens (tertiary/aromatic N) is 2. The van der Waals surface area contributed by atoms with Crippen LogP contribution >= 0.6 is 12.4 Å². The number of rotatable bonds is 5. The number of carbonyl (C=O) groups is 1. The lowest BCUT2D eigenvalue weighted by atomic mass is 10.0. The molecule has 1 heterocycles. The Labute approximate surface area is 152 Å². The van der Waals surface area contributed by atoms with Gasteiger partial charge in [0.15, 0.2) is 0 Å². The van der Waals surface area contributed by atoms with Crippen molar-refractivity contribution in [3.8, 4) is 0 Å². The van der Waals surface area contributed by atoms with Gasteiger partial charge >= 0.3 is 6.18 Å². The molecule has 1 aromatic carbocycles. The Hall–Kier alpha value is -1.31. The lowest BCUT2D eigenvalue weighted by molar-refractivity contribution is -0.159. The topological polar surface area (TPSA) is 35.6 Å². The zero-order chi connectivity index (χ0) is 17.7. The molecule has 0 aromatic heterocycles. The molecule has 0 radical (unpaired) electrons. The van der Waals surface area contributed by atoms with Gasteiger partial charge in [-0.15, -0.1) is 12.4 Å². The van der Waals surface area contributed by atoms with Crippen molar-refractivity contribution in [2.75, 3.05) is 39.8 Å². The third-order valence-electron chi connectivity index (χ3n) is 4.31. The molecular weight excluding hydrogens is 355 g/mol. The molecule has 1 atom stereocenters. The summed E-state index contributed by atoms with van der Waals surface area (Å²) in [6, 6.07) is 8.17. The molecule has 0 spiro atoms. The van der Waals surface area contributed by atoms with Crippen LogP contribution in [0.3, 0.4) is 0 Å². The maximum absolute atomic E-state index is 12.4. The summed E-state index contributed by atoms with van der Waals surface area (Å²) in [5, 5.41) is 3.29. The standard InChI is InChI=1S/C17H24F3N3O.ClH/c1-3-13-4-6-14(7-5-13)15-10-21-8-9-23(15)11-16(24)22(2)12-17(18,19)20;/h4-7,15,21H,3,8-12H2,1-2H3;1H. The molecule has 0 aliphatic carbocycles. The molecule has 2 rings (SSSR count). The number of hydrogen-bond acceptors (Lipinski definition) is 3. The second kappa shape index (κ2) is 9.40. The summed E-state index contributed by atoms with van der Waals surface area (Å²) in [4.78, 5) is 14.8. The van der Waals surface area contributed by atoms with Crippen LogP contribution in [-0.2, 0) is 11.2 Å². The van der Waals surface area contributed by atoms with Crippen molar-refractivity contribution in [1.29, 1.82) is 0 Å². The Bertz CT molecular complexity index is 551. The normalized spacial score (nSPS) is 18.5. The summed E-state index contributed by atoms with van der Waals surface area (Å²) in [6.07, 6.45) is -3.42. The highest BCUT2D eigenvalue weighted by Crippen LogP contribution is 2.23. The van der Waals surface area contributed by atoms with Gasteiger partial charge < -0.3 is 10.2 Å². The quantitative estimate of drug-likeness (QED) is 0.854. The van der Waals surface area contributed by atoms with Crippen LogP contribution in [0.2, 0.25) is 0 Å². The Morgan fingerprint density at radius 3 is 2.52 bits per heavy atom. The third kappa shape index (κ3) is 6.49. The zero-order valence-electron chi connectivity index (χ0n) is 14.5. The maximum Gasteiger partial charge on any atom is 0.406 e. The fourth-order valence-electron chi connectivity index (χ4n) is 2.89. The SMILES string of the molecule is CCc1ccc(C2CNCCN2CC(=O)N(C)CC(F)(F)F)cc1.Cl. The molecule has 8 heteroatoms. The van der Waals surface area contributed by atoms with Gasteiger partial charge in [0.05, 0.1) is 6.54 Å². The molecule has 0 saturated carbocycles. The molecule has 4 nitrogen and oxygen atoms in total. The van der Waals surface area contributed by atoms with E-state index in [1.54, 1.807) is 0 Å². The van der Waals surface area contributed by atoms with Crippen LogP contribution in [-0.4, -0.2) is 61.7 Å². The first-order valence-corrected chi connectivity index (χ1v) is 8.14. The fraction of sp³-hybridized carbons (Fsp3) is 0.588. The summed E-state index contributed by atoms with van der Waals surface area (Å²) in [5.74, 6) is -0.510. The lowest BCUT2D eigenvalue weighted by Crippen LogP contribution is -2.50. The predicted octanol–water partition coefficient (Wildman–Crippen LogP) is 2.64. The van der Waals surface area contributed by atoms with E-state index >= 15 is 0 Å². The van der Waals surface area contributed by atoms with Gasteiger partial charge in [0.2, 0.25) is 5.91 Å². The summed E-state index contributed by atoms with van der Waals surface area (Å²) in [5.41, 5.74) is 2.31. The average Bonchev–Trinajstić information content (AvgIpc) is 2.54. The highest BCUT2D eigenvalue weighted by molar-refractivity contribution is 5.85. The van der Waals surface area contributed by atoms with E-state index in [9.17, 15) is 18.0 Å². The van der Waals surface area contributed by atoms with E-state index in [4.69, 9.17) is 0 Å². The minimum absolute atomic E-state index is 0. The van der Waals surface area contributed by atoms with Crippen molar-refractivity contribution >= 4 is 18.3 Å². The highest BCUT2D eigenvalue weighted by Gasteiger charge is 2.33. The van der Waals surface area contributed by atoms with Gasteiger partial charge in [-0.05, 0) is 17.5 Å². The molecule has 1 unspecified atom stereocenters. The second-order valence-corrected chi connectivity index (χ2v) is 6.15. The van der Waals surface area contributed by atoms with Gasteiger partial charge in [-0.3, -0.25) is 9.69 Å². The van der Waals surface area contributed by atoms with Crippen LogP contribution in [0.25, 0.3) is 0 Å². The Balaban J connectivity index is 0.00000312. The first-order valence-electron chi connectivity index (χ1n) is 8.14. The lowest BCUT2D eigenvalue weighted by Gasteiger charge is -2.37. The van der Waals surface area contributed by atoms with Crippen LogP contribution in [0, 0.1) is 0 Å². The van der Waals surface area contributed by atoms with Crippen LogP contribution in [0.1, 0.15) is 24.1 Å². The van der Waals surface area contributed by atoms with E-state index in [1.165, 1.54) is 12.6 Å². The van der Waals surface area contributed by atoms with Crippen molar-refractivity contribution in [1.82, 2.24) is 15.1 Å². The van der Waals surface area contributed by atoms with E-state index in [-0.39, 0.29) is 25.0 Å². The fourth-order valence-corrected chi connectivity index (χ4v) is 2.89. The third-order valence-corrected chi connectivity index (χ3v) is 4.31. The molecule has 1 N–H and O–H groups in total. The second-order valence-electron chi connectivity index (χ2n) is 6.15. The number of amides is 1. The smallest absolute Gasteiger partial charge is 0.336 e. The van der Waals surface area contributed by atoms with E-state index < -0.39 is 18.6 Å². The van der Waals surface area contributed by atoms with Gasteiger partial charge in [-0.2, -0.15) is 13.2 Å². The van der Waals surface area contributed by atoms with Gasteiger partial charge in [-0.1, -0.05) is 31.2 Å². The maximum atomic E-state index is 12.4. The molecule has 1 saturated heterocycles. The largest absolute Gasteiger partial charge is 0.406 e. The number of hydrogen-bond donors (Lipinski definition) is 1. The minimum atomic E-state index is -4.37. The van der Waals surface area contributed by atoms with Crippen molar-refractivity contribution in [2.45, 2.75) is 25.6 Å². The molecule has 1 aliphatic heterocycles. The Morgan fingerprint density at radius 1 is 1.32 bits per heavy atom.